The third-order valence-corrected chi connectivity index (χ3v) is 10.6. The number of likely N-dealkylation sites (tertiary alicyclic amines) is 1. The van der Waals surface area contributed by atoms with Crippen molar-refractivity contribution in [2.45, 2.75) is 63.1 Å². The molecule has 4 aromatic rings. The fraction of sp³-hybridized carbons (Fsp3) is 0.457. The van der Waals surface area contributed by atoms with Crippen molar-refractivity contribution < 1.29 is 51.3 Å². The third kappa shape index (κ3) is 5.24. The first-order chi connectivity index (χ1) is 21.8. The average molecular weight is 699 g/mol. The molecule has 0 amide bonds. The topological polar surface area (TPSA) is 88.7 Å². The van der Waals surface area contributed by atoms with E-state index in [1.807, 2.05) is 0 Å². The standard InChI is InChI=1S/C35H35F2N6O2.Y/c1-3-24-27(36)10-7-20-14-23(44)15-25(29(20)24)31-30(37)32-26(16-38-31)33(43-17-21-8-9-22(18-43)39-21)41-34(40-32)45-19-35-11-4-6-28(35)42(2)13-5-12-35;/h1,7,10,14-16,21-22,28,44H,4-6,8-9,11-13,17-19H2,2H3;/q-1;. The molecule has 2 bridgehead atoms. The normalized spacial score (nSPS) is 25.8. The zero-order valence-electron chi connectivity index (χ0n) is 25.8. The summed E-state index contributed by atoms with van der Waals surface area (Å²) in [5.41, 5.74) is 0.162. The van der Waals surface area contributed by atoms with E-state index in [4.69, 9.17) is 21.5 Å². The number of aromatic nitrogens is 3. The van der Waals surface area contributed by atoms with Crippen LogP contribution in [0.2, 0.25) is 0 Å². The molecule has 4 atom stereocenters. The molecule has 235 valence electrons. The minimum absolute atomic E-state index is 0. The van der Waals surface area contributed by atoms with Crippen molar-refractivity contribution in [2.75, 3.05) is 38.2 Å². The monoisotopic (exact) mass is 698 g/mol. The Bertz CT molecular complexity index is 1870. The number of anilines is 1. The number of ether oxygens (including phenoxy) is 1. The summed E-state index contributed by atoms with van der Waals surface area (Å²) in [4.78, 5) is 18.7. The molecule has 8 nitrogen and oxygen atoms in total. The number of piperazine rings is 1. The van der Waals surface area contributed by atoms with Crippen molar-refractivity contribution in [1.82, 2.24) is 19.9 Å². The van der Waals surface area contributed by atoms with Crippen LogP contribution in [0.1, 0.15) is 50.5 Å². The maximum absolute atomic E-state index is 16.8. The van der Waals surface area contributed by atoms with Gasteiger partial charge in [-0.3, -0.25) is 4.98 Å². The average Bonchev–Trinajstić information content (AvgIpc) is 3.63. The Morgan fingerprint density at radius 3 is 2.67 bits per heavy atom. The van der Waals surface area contributed by atoms with Crippen LogP contribution in [0.3, 0.4) is 0 Å². The second kappa shape index (κ2) is 12.2. The van der Waals surface area contributed by atoms with Gasteiger partial charge in [0.2, 0.25) is 0 Å². The molecule has 3 saturated heterocycles. The van der Waals surface area contributed by atoms with Crippen molar-refractivity contribution in [1.29, 1.82) is 0 Å². The third-order valence-electron chi connectivity index (χ3n) is 10.6. The Balaban J connectivity index is 0.00000338. The van der Waals surface area contributed by atoms with E-state index >= 15 is 4.39 Å². The Morgan fingerprint density at radius 1 is 1.11 bits per heavy atom. The van der Waals surface area contributed by atoms with E-state index in [0.717, 1.165) is 51.5 Å². The molecule has 4 aliphatic rings. The molecule has 3 aliphatic heterocycles. The summed E-state index contributed by atoms with van der Waals surface area (Å²) in [6.45, 7) is 2.92. The van der Waals surface area contributed by atoms with Gasteiger partial charge in [0.1, 0.15) is 28.6 Å². The first-order valence-corrected chi connectivity index (χ1v) is 15.9. The van der Waals surface area contributed by atoms with Gasteiger partial charge in [-0.1, -0.05) is 31.2 Å². The second-order valence-electron chi connectivity index (χ2n) is 13.3. The number of benzene rings is 2. The predicted octanol–water partition coefficient (Wildman–Crippen LogP) is 6.18. The fourth-order valence-electron chi connectivity index (χ4n) is 8.52. The molecule has 2 aromatic carbocycles. The first kappa shape index (κ1) is 31.6. The number of phenolic OH excluding ortho intramolecular Hbond substituents is 1. The minimum atomic E-state index is -0.709. The molecule has 46 heavy (non-hydrogen) atoms. The summed E-state index contributed by atoms with van der Waals surface area (Å²) in [5.74, 6) is 1.54. The smallest absolute Gasteiger partial charge is 0.319 e. The summed E-state index contributed by atoms with van der Waals surface area (Å²) < 4.78 is 38.1. The van der Waals surface area contributed by atoms with Gasteiger partial charge in [0, 0.05) is 74.4 Å². The molecular weight excluding hydrogens is 663 g/mol. The van der Waals surface area contributed by atoms with E-state index in [1.54, 1.807) is 6.20 Å². The molecular formula is C35H35F2N6O2Y-. The molecule has 1 radical (unpaired) electrons. The van der Waals surface area contributed by atoms with E-state index in [-0.39, 0.29) is 84.3 Å². The number of phenols is 1. The van der Waals surface area contributed by atoms with Crippen LogP contribution >= 0.6 is 0 Å². The summed E-state index contributed by atoms with van der Waals surface area (Å²) in [7, 11) is 2.19. The molecule has 1 aliphatic carbocycles. The van der Waals surface area contributed by atoms with Crippen LogP contribution in [0.5, 0.6) is 11.8 Å². The van der Waals surface area contributed by atoms with Gasteiger partial charge < -0.3 is 25.0 Å². The van der Waals surface area contributed by atoms with Crippen LogP contribution in [-0.2, 0) is 32.7 Å². The molecule has 0 spiro atoms. The SMILES string of the molecule is C#Cc1c(F)ccc2cc(O)cc(-c3ncc4c(N5CC6CCC(C5)[N-]6)nc(OCC56CCCC5N(C)CCC6)nc4c3F)c12.[Y]. The van der Waals surface area contributed by atoms with Gasteiger partial charge in [-0.25, -0.2) is 8.78 Å². The number of halogens is 2. The summed E-state index contributed by atoms with van der Waals surface area (Å²) in [6, 6.07) is 6.58. The van der Waals surface area contributed by atoms with E-state index in [9.17, 15) is 9.50 Å². The van der Waals surface area contributed by atoms with Gasteiger partial charge in [0.05, 0.1) is 17.6 Å². The molecule has 4 fully saturated rings. The molecule has 4 unspecified atom stereocenters. The molecule has 2 aromatic heterocycles. The molecule has 5 heterocycles. The summed E-state index contributed by atoms with van der Waals surface area (Å²) >= 11 is 0. The van der Waals surface area contributed by atoms with E-state index in [2.05, 4.69) is 32.7 Å². The van der Waals surface area contributed by atoms with Gasteiger partial charge in [-0.05, 0) is 62.9 Å². The second-order valence-corrected chi connectivity index (χ2v) is 13.3. The Labute approximate surface area is 292 Å². The van der Waals surface area contributed by atoms with Crippen LogP contribution < -0.4 is 9.64 Å². The van der Waals surface area contributed by atoms with Gasteiger partial charge in [-0.2, -0.15) is 9.97 Å². The van der Waals surface area contributed by atoms with Crippen LogP contribution in [0.4, 0.5) is 14.6 Å². The first-order valence-electron chi connectivity index (χ1n) is 15.9. The number of hydrogen-bond acceptors (Lipinski definition) is 7. The predicted molar refractivity (Wildman–Crippen MR) is 170 cm³/mol. The van der Waals surface area contributed by atoms with Gasteiger partial charge in [-0.15, -0.1) is 18.5 Å². The number of fused-ring (bicyclic) bond motifs is 5. The molecule has 11 heteroatoms. The zero-order chi connectivity index (χ0) is 30.9. The number of rotatable bonds is 5. The Hall–Kier alpha value is -2.97. The van der Waals surface area contributed by atoms with Crippen molar-refractivity contribution in [3.8, 4) is 35.4 Å². The van der Waals surface area contributed by atoms with Crippen LogP contribution in [-0.4, -0.2) is 76.4 Å². The van der Waals surface area contributed by atoms with Crippen molar-refractivity contribution in [3.05, 3.63) is 53.0 Å². The van der Waals surface area contributed by atoms with Crippen molar-refractivity contribution in [3.63, 3.8) is 0 Å². The van der Waals surface area contributed by atoms with E-state index in [1.165, 1.54) is 24.3 Å². The number of nitrogens with zero attached hydrogens (tertiary/aromatic N) is 6. The zero-order valence-corrected chi connectivity index (χ0v) is 28.7. The Morgan fingerprint density at radius 2 is 1.89 bits per heavy atom. The summed E-state index contributed by atoms with van der Waals surface area (Å²) in [6.07, 6.45) is 14.9. The van der Waals surface area contributed by atoms with Crippen LogP contribution in [0, 0.1) is 29.4 Å². The number of terminal acetylenes is 1. The minimum Gasteiger partial charge on any atom is -0.654 e. The van der Waals surface area contributed by atoms with Gasteiger partial charge in [0.15, 0.2) is 5.82 Å². The molecule has 1 N–H and O–H groups in total. The van der Waals surface area contributed by atoms with Crippen LogP contribution in [0.25, 0.3) is 38.2 Å². The number of piperidine rings is 1. The number of aromatic hydroxyl groups is 1. The van der Waals surface area contributed by atoms with Gasteiger partial charge >= 0.3 is 6.01 Å². The maximum Gasteiger partial charge on any atom is 0.319 e. The molecule has 1 saturated carbocycles. The summed E-state index contributed by atoms with van der Waals surface area (Å²) in [5, 5.41) is 16.7. The van der Waals surface area contributed by atoms with E-state index in [0.29, 0.717) is 47.7 Å². The maximum atomic E-state index is 16.8. The van der Waals surface area contributed by atoms with Crippen LogP contribution in [0.15, 0.2) is 30.5 Å². The van der Waals surface area contributed by atoms with Crippen molar-refractivity contribution >= 4 is 27.5 Å². The fourth-order valence-corrected chi connectivity index (χ4v) is 8.52. The Kier molecular flexibility index (Phi) is 8.42. The van der Waals surface area contributed by atoms with E-state index < -0.39 is 11.6 Å². The molecule has 8 rings (SSSR count). The van der Waals surface area contributed by atoms with Gasteiger partial charge in [0.25, 0.3) is 0 Å². The largest absolute Gasteiger partial charge is 0.654 e. The quantitative estimate of drug-likeness (QED) is 0.250. The number of pyridine rings is 1. The van der Waals surface area contributed by atoms with Crippen molar-refractivity contribution in [2.24, 2.45) is 5.41 Å². The number of hydrogen-bond donors (Lipinski definition) is 1.